The first kappa shape index (κ1) is 15.2. The van der Waals surface area contributed by atoms with E-state index in [4.69, 9.17) is 17.3 Å². The average Bonchev–Trinajstić information content (AvgIpc) is 2.10. The Morgan fingerprint density at radius 3 is 2.19 bits per heavy atom. The molecule has 0 heterocycles. The van der Waals surface area contributed by atoms with E-state index in [1.807, 2.05) is 26.0 Å². The van der Waals surface area contributed by atoms with Gasteiger partial charge in [-0.1, -0.05) is 11.6 Å². The van der Waals surface area contributed by atoms with Gasteiger partial charge in [-0.3, -0.25) is 4.79 Å². The molecular weight excluding hydrogens is 247 g/mol. The number of halogens is 2. The molecule has 0 aliphatic carbocycles. The van der Waals surface area contributed by atoms with Gasteiger partial charge in [-0.25, -0.2) is 0 Å². The number of amides is 1. The van der Waals surface area contributed by atoms with Gasteiger partial charge in [-0.05, 0) is 44.0 Å². The van der Waals surface area contributed by atoms with Crippen LogP contribution in [0.15, 0.2) is 12.1 Å². The summed E-state index contributed by atoms with van der Waals surface area (Å²) in [6, 6.07) is 3.11. The summed E-state index contributed by atoms with van der Waals surface area (Å²) in [6.45, 7) is 5.45. The fraction of sp³-hybridized carbons (Fsp3) is 0.364. The highest BCUT2D eigenvalue weighted by atomic mass is 35.5. The Morgan fingerprint density at radius 1 is 1.38 bits per heavy atom. The summed E-state index contributed by atoms with van der Waals surface area (Å²) in [7, 11) is 0. The molecule has 1 amide bonds. The summed E-state index contributed by atoms with van der Waals surface area (Å²) in [5.74, 6) is -0.191. The fourth-order valence-corrected chi connectivity index (χ4v) is 1.67. The van der Waals surface area contributed by atoms with Crippen LogP contribution in [0.5, 0.6) is 0 Å². The first-order chi connectivity index (χ1) is 6.91. The van der Waals surface area contributed by atoms with E-state index in [9.17, 15) is 4.79 Å². The van der Waals surface area contributed by atoms with Crippen LogP contribution in [-0.4, -0.2) is 11.9 Å². The fourth-order valence-electron chi connectivity index (χ4n) is 1.34. The second-order valence-electron chi connectivity index (χ2n) is 3.69. The molecule has 1 aromatic carbocycles. The van der Waals surface area contributed by atoms with Crippen molar-refractivity contribution in [3.63, 3.8) is 0 Å². The molecule has 90 valence electrons. The van der Waals surface area contributed by atoms with E-state index < -0.39 is 6.04 Å². The summed E-state index contributed by atoms with van der Waals surface area (Å²) < 4.78 is 0. The van der Waals surface area contributed by atoms with Crippen molar-refractivity contribution in [2.45, 2.75) is 26.8 Å². The van der Waals surface area contributed by atoms with Gasteiger partial charge in [0.2, 0.25) is 5.91 Å². The number of nitrogens with one attached hydrogen (secondary N) is 1. The zero-order valence-corrected chi connectivity index (χ0v) is 11.1. The number of aryl methyl sites for hydroxylation is 2. The number of hydrogen-bond donors (Lipinski definition) is 2. The summed E-state index contributed by atoms with van der Waals surface area (Å²) in [4.78, 5) is 11.4. The van der Waals surface area contributed by atoms with Crippen LogP contribution in [0.25, 0.3) is 0 Å². The van der Waals surface area contributed by atoms with Gasteiger partial charge in [0.25, 0.3) is 0 Å². The SMILES string of the molecule is Cc1cc(Cl)cc(C)c1NC(=O)[C@@H](C)N.Cl. The maximum absolute atomic E-state index is 11.4. The standard InChI is InChI=1S/C11H15ClN2O.ClH/c1-6-4-9(12)5-7(2)10(6)14-11(15)8(3)13;/h4-5,8H,13H2,1-3H3,(H,14,15);1H/t8-;/m1./s1. The van der Waals surface area contributed by atoms with Crippen LogP contribution in [0.1, 0.15) is 18.1 Å². The Balaban J connectivity index is 0.00000225. The molecule has 0 aliphatic rings. The molecular formula is C11H16Cl2N2O. The van der Waals surface area contributed by atoms with Gasteiger partial charge in [-0.2, -0.15) is 0 Å². The lowest BCUT2D eigenvalue weighted by atomic mass is 10.1. The van der Waals surface area contributed by atoms with E-state index >= 15 is 0 Å². The van der Waals surface area contributed by atoms with Crippen LogP contribution >= 0.6 is 24.0 Å². The first-order valence-electron chi connectivity index (χ1n) is 4.75. The van der Waals surface area contributed by atoms with Gasteiger partial charge in [0.05, 0.1) is 6.04 Å². The number of hydrogen-bond acceptors (Lipinski definition) is 2. The summed E-state index contributed by atoms with van der Waals surface area (Å²) in [5.41, 5.74) is 8.15. The van der Waals surface area contributed by atoms with Gasteiger partial charge in [0.15, 0.2) is 0 Å². The van der Waals surface area contributed by atoms with E-state index in [1.165, 1.54) is 0 Å². The monoisotopic (exact) mass is 262 g/mol. The quantitative estimate of drug-likeness (QED) is 0.861. The van der Waals surface area contributed by atoms with Crippen molar-refractivity contribution in [2.75, 3.05) is 5.32 Å². The number of nitrogens with two attached hydrogens (primary N) is 1. The molecule has 0 spiro atoms. The minimum atomic E-state index is -0.514. The van der Waals surface area contributed by atoms with Crippen LogP contribution in [0.4, 0.5) is 5.69 Å². The van der Waals surface area contributed by atoms with Crippen molar-refractivity contribution < 1.29 is 4.79 Å². The largest absolute Gasteiger partial charge is 0.324 e. The summed E-state index contributed by atoms with van der Waals surface area (Å²) in [5, 5.41) is 3.45. The van der Waals surface area contributed by atoms with Crippen LogP contribution < -0.4 is 11.1 Å². The van der Waals surface area contributed by atoms with E-state index in [0.29, 0.717) is 5.02 Å². The van der Waals surface area contributed by atoms with Crippen molar-refractivity contribution >= 4 is 35.6 Å². The van der Waals surface area contributed by atoms with Crippen LogP contribution in [-0.2, 0) is 4.79 Å². The Bertz CT molecular complexity index is 369. The molecule has 1 aromatic rings. The summed E-state index contributed by atoms with van der Waals surface area (Å²) >= 11 is 5.88. The van der Waals surface area contributed by atoms with Crippen molar-refractivity contribution in [3.8, 4) is 0 Å². The third-order valence-electron chi connectivity index (χ3n) is 2.16. The zero-order chi connectivity index (χ0) is 11.6. The molecule has 16 heavy (non-hydrogen) atoms. The average molecular weight is 263 g/mol. The molecule has 0 fully saturated rings. The number of anilines is 1. The van der Waals surface area contributed by atoms with Gasteiger partial charge in [-0.15, -0.1) is 12.4 Å². The predicted octanol–water partition coefficient (Wildman–Crippen LogP) is 2.66. The molecule has 3 nitrogen and oxygen atoms in total. The summed E-state index contributed by atoms with van der Waals surface area (Å²) in [6.07, 6.45) is 0. The third-order valence-corrected chi connectivity index (χ3v) is 2.38. The molecule has 0 aliphatic heterocycles. The van der Waals surface area contributed by atoms with Crippen molar-refractivity contribution in [2.24, 2.45) is 5.73 Å². The minimum absolute atomic E-state index is 0. The molecule has 0 bridgehead atoms. The predicted molar refractivity (Wildman–Crippen MR) is 70.5 cm³/mol. The minimum Gasteiger partial charge on any atom is -0.324 e. The van der Waals surface area contributed by atoms with Crippen LogP contribution in [0.2, 0.25) is 5.02 Å². The highest BCUT2D eigenvalue weighted by Gasteiger charge is 2.11. The van der Waals surface area contributed by atoms with Crippen molar-refractivity contribution in [1.29, 1.82) is 0 Å². The highest BCUT2D eigenvalue weighted by Crippen LogP contribution is 2.24. The number of carbonyl (C=O) groups excluding carboxylic acids is 1. The molecule has 1 rings (SSSR count). The Morgan fingerprint density at radius 2 is 1.81 bits per heavy atom. The van der Waals surface area contributed by atoms with Gasteiger partial charge < -0.3 is 11.1 Å². The smallest absolute Gasteiger partial charge is 0.241 e. The third kappa shape index (κ3) is 3.67. The molecule has 0 unspecified atom stereocenters. The normalized spacial score (nSPS) is 11.6. The second kappa shape index (κ2) is 6.09. The van der Waals surface area contributed by atoms with E-state index in [1.54, 1.807) is 6.92 Å². The van der Waals surface area contributed by atoms with E-state index in [0.717, 1.165) is 16.8 Å². The Labute approximate surface area is 107 Å². The van der Waals surface area contributed by atoms with Crippen LogP contribution in [0, 0.1) is 13.8 Å². The Hall–Kier alpha value is -0.770. The molecule has 5 heteroatoms. The van der Waals surface area contributed by atoms with Crippen molar-refractivity contribution in [1.82, 2.24) is 0 Å². The lowest BCUT2D eigenvalue weighted by Gasteiger charge is -2.13. The first-order valence-corrected chi connectivity index (χ1v) is 5.13. The molecule has 0 radical (unpaired) electrons. The van der Waals surface area contributed by atoms with Gasteiger partial charge >= 0.3 is 0 Å². The zero-order valence-electron chi connectivity index (χ0n) is 9.50. The second-order valence-corrected chi connectivity index (χ2v) is 4.13. The lowest BCUT2D eigenvalue weighted by Crippen LogP contribution is -2.32. The molecule has 3 N–H and O–H groups in total. The molecule has 1 atom stereocenters. The maximum Gasteiger partial charge on any atom is 0.241 e. The van der Waals surface area contributed by atoms with Crippen molar-refractivity contribution in [3.05, 3.63) is 28.3 Å². The molecule has 0 saturated heterocycles. The Kier molecular flexibility index (Phi) is 5.79. The lowest BCUT2D eigenvalue weighted by molar-refractivity contribution is -0.117. The topological polar surface area (TPSA) is 55.1 Å². The number of carbonyl (C=O) groups is 1. The number of rotatable bonds is 2. The van der Waals surface area contributed by atoms with E-state index in [2.05, 4.69) is 5.32 Å². The highest BCUT2D eigenvalue weighted by molar-refractivity contribution is 6.30. The van der Waals surface area contributed by atoms with E-state index in [-0.39, 0.29) is 18.3 Å². The molecule has 0 saturated carbocycles. The molecule has 0 aromatic heterocycles. The maximum atomic E-state index is 11.4. The van der Waals surface area contributed by atoms with Gasteiger partial charge in [0.1, 0.15) is 0 Å². The van der Waals surface area contributed by atoms with Crippen LogP contribution in [0.3, 0.4) is 0 Å². The number of benzene rings is 1. The van der Waals surface area contributed by atoms with Gasteiger partial charge in [0, 0.05) is 10.7 Å².